The van der Waals surface area contributed by atoms with Crippen LogP contribution >= 0.6 is 0 Å². The Hall–Kier alpha value is -3.55. The van der Waals surface area contributed by atoms with Gasteiger partial charge >= 0.3 is 5.69 Å². The summed E-state index contributed by atoms with van der Waals surface area (Å²) in [6.07, 6.45) is 0. The van der Waals surface area contributed by atoms with Crippen LogP contribution < -0.4 is 11.2 Å². The van der Waals surface area contributed by atoms with E-state index in [4.69, 9.17) is 4.52 Å². The monoisotopic (exact) mass is 352 g/mol. The third-order valence-corrected chi connectivity index (χ3v) is 4.09. The normalized spacial score (nSPS) is 11.2. The number of benzene rings is 2. The van der Waals surface area contributed by atoms with Crippen LogP contribution in [0.2, 0.25) is 0 Å². The molecule has 7 nitrogen and oxygen atoms in total. The van der Waals surface area contributed by atoms with E-state index in [1.807, 2.05) is 0 Å². The van der Waals surface area contributed by atoms with Crippen LogP contribution in [-0.4, -0.2) is 19.3 Å². The number of aromatic nitrogens is 4. The highest BCUT2D eigenvalue weighted by Gasteiger charge is 2.15. The Morgan fingerprint density at radius 2 is 1.92 bits per heavy atom. The van der Waals surface area contributed by atoms with Crippen LogP contribution in [0.1, 0.15) is 5.89 Å². The number of hydrogen-bond acceptors (Lipinski definition) is 5. The standard InChI is InChI=1S/C18H13FN4O3/c1-22-17(24)13-7-2-3-8-14(13)23(18(22)25)10-15-20-16(21-26-15)11-5-4-6-12(19)9-11/h2-9H,10H2,1H3. The summed E-state index contributed by atoms with van der Waals surface area (Å²) >= 11 is 0. The van der Waals surface area contributed by atoms with Crippen LogP contribution in [0.25, 0.3) is 22.3 Å². The third kappa shape index (κ3) is 2.61. The SMILES string of the molecule is Cn1c(=O)c2ccccc2n(Cc2nc(-c3cccc(F)c3)no2)c1=O. The smallest absolute Gasteiger partial charge is 0.331 e. The van der Waals surface area contributed by atoms with Gasteiger partial charge in [0.2, 0.25) is 11.7 Å². The first kappa shape index (κ1) is 15.9. The highest BCUT2D eigenvalue weighted by atomic mass is 19.1. The molecule has 0 unspecified atom stereocenters. The topological polar surface area (TPSA) is 82.9 Å². The molecule has 26 heavy (non-hydrogen) atoms. The van der Waals surface area contributed by atoms with Gasteiger partial charge in [-0.05, 0) is 24.3 Å². The first-order valence-corrected chi connectivity index (χ1v) is 7.81. The molecule has 2 heterocycles. The second kappa shape index (κ2) is 6.07. The van der Waals surface area contributed by atoms with Crippen molar-refractivity contribution >= 4 is 10.9 Å². The largest absolute Gasteiger partial charge is 0.337 e. The van der Waals surface area contributed by atoms with Crippen LogP contribution in [0, 0.1) is 5.82 Å². The van der Waals surface area contributed by atoms with Crippen molar-refractivity contribution < 1.29 is 8.91 Å². The van der Waals surface area contributed by atoms with Crippen LogP contribution in [0.5, 0.6) is 0 Å². The number of fused-ring (bicyclic) bond motifs is 1. The summed E-state index contributed by atoms with van der Waals surface area (Å²) in [4.78, 5) is 29.0. The zero-order chi connectivity index (χ0) is 18.3. The second-order valence-corrected chi connectivity index (χ2v) is 5.77. The highest BCUT2D eigenvalue weighted by Crippen LogP contribution is 2.17. The van der Waals surface area contributed by atoms with Crippen molar-refractivity contribution in [2.24, 2.45) is 7.05 Å². The molecule has 0 fully saturated rings. The maximum absolute atomic E-state index is 13.4. The molecule has 0 spiro atoms. The predicted molar refractivity (Wildman–Crippen MR) is 92.2 cm³/mol. The van der Waals surface area contributed by atoms with E-state index in [1.165, 1.54) is 23.7 Å². The molecule has 0 N–H and O–H groups in total. The molecule has 0 bridgehead atoms. The van der Waals surface area contributed by atoms with Crippen molar-refractivity contribution in [1.82, 2.24) is 19.3 Å². The summed E-state index contributed by atoms with van der Waals surface area (Å²) < 4.78 is 21.0. The van der Waals surface area contributed by atoms with E-state index in [2.05, 4.69) is 10.1 Å². The molecule has 4 rings (SSSR count). The number of para-hydroxylation sites is 1. The molecule has 0 aliphatic carbocycles. The van der Waals surface area contributed by atoms with Crippen LogP contribution in [-0.2, 0) is 13.6 Å². The first-order chi connectivity index (χ1) is 12.5. The van der Waals surface area contributed by atoms with Crippen molar-refractivity contribution in [3.63, 3.8) is 0 Å². The molecule has 0 saturated heterocycles. The summed E-state index contributed by atoms with van der Waals surface area (Å²) in [6, 6.07) is 12.6. The molecule has 8 heteroatoms. The number of hydrogen-bond donors (Lipinski definition) is 0. The van der Waals surface area contributed by atoms with E-state index < -0.39 is 11.5 Å². The van der Waals surface area contributed by atoms with Crippen LogP contribution in [0.3, 0.4) is 0 Å². The lowest BCUT2D eigenvalue weighted by molar-refractivity contribution is 0.370. The predicted octanol–water partition coefficient (Wildman–Crippen LogP) is 1.94. The van der Waals surface area contributed by atoms with Crippen molar-refractivity contribution in [2.45, 2.75) is 6.54 Å². The van der Waals surface area contributed by atoms with Crippen LogP contribution in [0.15, 0.2) is 62.6 Å². The maximum Gasteiger partial charge on any atom is 0.331 e. The number of nitrogens with zero attached hydrogens (tertiary/aromatic N) is 4. The average Bonchev–Trinajstić information content (AvgIpc) is 3.12. The van der Waals surface area contributed by atoms with Gasteiger partial charge in [-0.1, -0.05) is 29.4 Å². The Bertz CT molecular complexity index is 1240. The highest BCUT2D eigenvalue weighted by molar-refractivity contribution is 5.77. The lowest BCUT2D eigenvalue weighted by atomic mass is 10.2. The Labute approximate surface area is 145 Å². The van der Waals surface area contributed by atoms with Gasteiger partial charge in [-0.15, -0.1) is 0 Å². The quantitative estimate of drug-likeness (QED) is 0.563. The van der Waals surface area contributed by atoms with E-state index in [1.54, 1.807) is 36.4 Å². The molecule has 2 aromatic heterocycles. The molecular formula is C18H13FN4O3. The maximum atomic E-state index is 13.4. The minimum atomic E-state index is -0.487. The Morgan fingerprint density at radius 1 is 1.12 bits per heavy atom. The van der Waals surface area contributed by atoms with Crippen molar-refractivity contribution in [1.29, 1.82) is 0 Å². The Balaban J connectivity index is 1.80. The molecule has 0 radical (unpaired) electrons. The zero-order valence-corrected chi connectivity index (χ0v) is 13.7. The van der Waals surface area contributed by atoms with Gasteiger partial charge in [-0.2, -0.15) is 4.98 Å². The fourth-order valence-electron chi connectivity index (χ4n) is 2.79. The van der Waals surface area contributed by atoms with Gasteiger partial charge < -0.3 is 4.52 Å². The van der Waals surface area contributed by atoms with Gasteiger partial charge in [-0.25, -0.2) is 9.18 Å². The van der Waals surface area contributed by atoms with Crippen molar-refractivity contribution in [3.05, 3.63) is 81.1 Å². The fraction of sp³-hybridized carbons (Fsp3) is 0.111. The van der Waals surface area contributed by atoms with E-state index in [0.29, 0.717) is 16.5 Å². The molecule has 0 atom stereocenters. The van der Waals surface area contributed by atoms with Gasteiger partial charge in [0.05, 0.1) is 10.9 Å². The molecular weight excluding hydrogens is 339 g/mol. The van der Waals surface area contributed by atoms with E-state index in [0.717, 1.165) is 4.57 Å². The Morgan fingerprint density at radius 3 is 2.73 bits per heavy atom. The number of rotatable bonds is 3. The summed E-state index contributed by atoms with van der Waals surface area (Å²) in [5, 5.41) is 4.25. The molecule has 2 aromatic carbocycles. The number of halogens is 1. The lowest BCUT2D eigenvalue weighted by Crippen LogP contribution is -2.38. The summed E-state index contributed by atoms with van der Waals surface area (Å²) in [5.41, 5.74) is 0.0933. The van der Waals surface area contributed by atoms with Gasteiger partial charge in [0.25, 0.3) is 5.56 Å². The zero-order valence-electron chi connectivity index (χ0n) is 13.7. The lowest BCUT2D eigenvalue weighted by Gasteiger charge is -2.09. The van der Waals surface area contributed by atoms with Crippen molar-refractivity contribution in [2.75, 3.05) is 0 Å². The molecule has 4 aromatic rings. The molecule has 0 aliphatic heterocycles. The molecule has 0 aliphatic rings. The minimum Gasteiger partial charge on any atom is -0.337 e. The van der Waals surface area contributed by atoms with Gasteiger partial charge in [-0.3, -0.25) is 13.9 Å². The third-order valence-electron chi connectivity index (χ3n) is 4.09. The summed E-state index contributed by atoms with van der Waals surface area (Å²) in [5.74, 6) is -0.00837. The average molecular weight is 352 g/mol. The first-order valence-electron chi connectivity index (χ1n) is 7.81. The Kier molecular flexibility index (Phi) is 3.72. The van der Waals surface area contributed by atoms with E-state index >= 15 is 0 Å². The van der Waals surface area contributed by atoms with E-state index in [-0.39, 0.29) is 23.8 Å². The van der Waals surface area contributed by atoms with Gasteiger partial charge in [0, 0.05) is 12.6 Å². The minimum absolute atomic E-state index is 0.00418. The molecule has 0 amide bonds. The molecule has 0 saturated carbocycles. The fourth-order valence-corrected chi connectivity index (χ4v) is 2.79. The summed E-state index contributed by atoms with van der Waals surface area (Å²) in [6.45, 7) is -0.00418. The summed E-state index contributed by atoms with van der Waals surface area (Å²) in [7, 11) is 1.42. The van der Waals surface area contributed by atoms with Gasteiger partial charge in [0.15, 0.2) is 0 Å². The van der Waals surface area contributed by atoms with E-state index in [9.17, 15) is 14.0 Å². The second-order valence-electron chi connectivity index (χ2n) is 5.77. The van der Waals surface area contributed by atoms with Crippen LogP contribution in [0.4, 0.5) is 4.39 Å². The van der Waals surface area contributed by atoms with Crippen molar-refractivity contribution in [3.8, 4) is 11.4 Å². The van der Waals surface area contributed by atoms with Gasteiger partial charge in [0.1, 0.15) is 12.4 Å². The molecule has 130 valence electrons.